The number of carbonyl (C=O) groups is 2. The van der Waals surface area contributed by atoms with E-state index in [-0.39, 0.29) is 18.5 Å². The highest BCUT2D eigenvalue weighted by Crippen LogP contribution is 2.21. The van der Waals surface area contributed by atoms with E-state index in [2.05, 4.69) is 19.2 Å². The third-order valence-electron chi connectivity index (χ3n) is 19.8. The van der Waals surface area contributed by atoms with Gasteiger partial charge in [-0.05, 0) is 32.1 Å². The predicted molar refractivity (Wildman–Crippen MR) is 394 cm³/mol. The van der Waals surface area contributed by atoms with Gasteiger partial charge in [0.2, 0.25) is 5.91 Å². The summed E-state index contributed by atoms with van der Waals surface area (Å²) in [7, 11) is 0. The number of nitrogens with one attached hydrogen (secondary N) is 1. The second-order valence-electron chi connectivity index (χ2n) is 28.8. The first-order chi connectivity index (χ1) is 44.0. The number of amides is 1. The average Bonchev–Trinajstić information content (AvgIpc) is 3.57. The SMILES string of the molecule is CCCCCCCCCCCCCCCCC/C=C/C(O)C(CO)NC(=O)CCCCCCCCCCCCCCCCCCCCCCCCCCCCCCCCCCCCCCCOC(=O)CCCCCCCCCCCCCCCCCCCC. The molecule has 2 atom stereocenters. The van der Waals surface area contributed by atoms with Gasteiger partial charge in [-0.2, -0.15) is 0 Å². The largest absolute Gasteiger partial charge is 0.466 e. The van der Waals surface area contributed by atoms with E-state index in [1.807, 2.05) is 6.08 Å². The minimum Gasteiger partial charge on any atom is -0.466 e. The number of allylic oxidation sites excluding steroid dienone is 1. The normalized spacial score (nSPS) is 12.4. The molecule has 530 valence electrons. The zero-order chi connectivity index (χ0) is 64.2. The third-order valence-corrected chi connectivity index (χ3v) is 19.8. The van der Waals surface area contributed by atoms with E-state index in [1.165, 1.54) is 417 Å². The Labute approximate surface area is 559 Å². The first-order valence-corrected chi connectivity index (χ1v) is 41.5. The highest BCUT2D eigenvalue weighted by atomic mass is 16.5. The number of hydrogen-bond acceptors (Lipinski definition) is 5. The predicted octanol–water partition coefficient (Wildman–Crippen LogP) is 27.4. The molecule has 0 aliphatic carbocycles. The lowest BCUT2D eigenvalue weighted by Crippen LogP contribution is -2.45. The van der Waals surface area contributed by atoms with Crippen LogP contribution in [0.2, 0.25) is 0 Å². The summed E-state index contributed by atoms with van der Waals surface area (Å²) in [6.07, 6.45) is 101. The topological polar surface area (TPSA) is 95.9 Å². The number of aliphatic hydroxyl groups is 2. The quantitative estimate of drug-likeness (QED) is 0.0320. The first kappa shape index (κ1) is 87.6. The molecule has 0 rings (SSSR count). The molecule has 0 saturated heterocycles. The number of aliphatic hydroxyl groups excluding tert-OH is 2. The van der Waals surface area contributed by atoms with E-state index in [4.69, 9.17) is 4.74 Å². The van der Waals surface area contributed by atoms with Crippen LogP contribution in [0.5, 0.6) is 0 Å². The van der Waals surface area contributed by atoms with Gasteiger partial charge >= 0.3 is 5.97 Å². The molecule has 0 aromatic rings. The standard InChI is InChI=1S/C83H163NO5/c1-3-5-7-9-11-13-15-17-19-21-45-49-53-57-61-65-69-73-77-83(88)89-78-74-70-66-62-58-54-50-46-42-40-38-36-34-32-30-28-26-24-22-23-25-27-29-31-33-35-37-39-41-44-48-52-56-60-64-68-72-76-82(87)84-80(79-85)81(86)75-71-67-63-59-55-51-47-43-20-18-16-14-12-10-8-6-4-2/h71,75,80-81,85-86H,3-70,72-74,76-79H2,1-2H3,(H,84,87)/b75-71+. The summed E-state index contributed by atoms with van der Waals surface area (Å²) in [5.74, 6) is -0.0290. The lowest BCUT2D eigenvalue weighted by Gasteiger charge is -2.20. The van der Waals surface area contributed by atoms with Gasteiger partial charge in [0, 0.05) is 12.8 Å². The fourth-order valence-electron chi connectivity index (χ4n) is 13.5. The van der Waals surface area contributed by atoms with Crippen LogP contribution in [0.4, 0.5) is 0 Å². The van der Waals surface area contributed by atoms with Crippen molar-refractivity contribution in [3.05, 3.63) is 12.2 Å². The monoisotopic (exact) mass is 1250 g/mol. The molecule has 0 radical (unpaired) electrons. The molecular weight excluding hydrogens is 1090 g/mol. The van der Waals surface area contributed by atoms with Crippen molar-refractivity contribution in [2.75, 3.05) is 13.2 Å². The Bertz CT molecular complexity index is 1350. The van der Waals surface area contributed by atoms with Gasteiger partial charge in [-0.1, -0.05) is 450 Å². The molecule has 0 spiro atoms. The molecule has 0 fully saturated rings. The Morgan fingerprint density at radius 3 is 0.764 bits per heavy atom. The number of carbonyl (C=O) groups excluding carboxylic acids is 2. The molecular formula is C83H163NO5. The van der Waals surface area contributed by atoms with Gasteiger partial charge in [-0.15, -0.1) is 0 Å². The van der Waals surface area contributed by atoms with E-state index < -0.39 is 12.1 Å². The Morgan fingerprint density at radius 1 is 0.303 bits per heavy atom. The molecule has 0 bridgehead atoms. The number of ether oxygens (including phenoxy) is 1. The summed E-state index contributed by atoms with van der Waals surface area (Å²) in [5.41, 5.74) is 0. The van der Waals surface area contributed by atoms with Crippen LogP contribution in [0.1, 0.15) is 483 Å². The van der Waals surface area contributed by atoms with Crippen molar-refractivity contribution in [1.82, 2.24) is 5.32 Å². The Hall–Kier alpha value is -1.40. The van der Waals surface area contributed by atoms with Gasteiger partial charge in [0.25, 0.3) is 0 Å². The maximum atomic E-state index is 12.5. The third kappa shape index (κ3) is 75.5. The minimum absolute atomic E-state index is 0.0289. The fourth-order valence-corrected chi connectivity index (χ4v) is 13.5. The van der Waals surface area contributed by atoms with Crippen LogP contribution in [0.3, 0.4) is 0 Å². The molecule has 1 amide bonds. The number of esters is 1. The van der Waals surface area contributed by atoms with Crippen molar-refractivity contribution in [1.29, 1.82) is 0 Å². The smallest absolute Gasteiger partial charge is 0.305 e. The van der Waals surface area contributed by atoms with Gasteiger partial charge in [-0.3, -0.25) is 9.59 Å². The van der Waals surface area contributed by atoms with Crippen molar-refractivity contribution >= 4 is 11.9 Å². The van der Waals surface area contributed by atoms with Crippen molar-refractivity contribution in [2.45, 2.75) is 495 Å². The maximum Gasteiger partial charge on any atom is 0.305 e. The van der Waals surface area contributed by atoms with E-state index in [9.17, 15) is 19.8 Å². The molecule has 6 nitrogen and oxygen atoms in total. The zero-order valence-electron chi connectivity index (χ0n) is 61.0. The summed E-state index contributed by atoms with van der Waals surface area (Å²) in [6.45, 7) is 4.97. The lowest BCUT2D eigenvalue weighted by atomic mass is 10.0. The van der Waals surface area contributed by atoms with Crippen LogP contribution in [-0.4, -0.2) is 47.4 Å². The Morgan fingerprint density at radius 2 is 0.517 bits per heavy atom. The van der Waals surface area contributed by atoms with Crippen LogP contribution < -0.4 is 5.32 Å². The summed E-state index contributed by atoms with van der Waals surface area (Å²) < 4.78 is 5.52. The summed E-state index contributed by atoms with van der Waals surface area (Å²) in [5, 5.41) is 23.2. The molecule has 0 saturated carbocycles. The Balaban J connectivity index is 3.29. The van der Waals surface area contributed by atoms with Gasteiger partial charge in [0.05, 0.1) is 25.4 Å². The zero-order valence-corrected chi connectivity index (χ0v) is 61.0. The van der Waals surface area contributed by atoms with Crippen molar-refractivity contribution in [3.63, 3.8) is 0 Å². The van der Waals surface area contributed by atoms with Crippen molar-refractivity contribution < 1.29 is 24.5 Å². The summed E-state index contributed by atoms with van der Waals surface area (Å²) in [6, 6.07) is -0.623. The molecule has 0 aromatic heterocycles. The van der Waals surface area contributed by atoms with Gasteiger partial charge in [0.15, 0.2) is 0 Å². The fraction of sp³-hybridized carbons (Fsp3) is 0.952. The van der Waals surface area contributed by atoms with E-state index in [1.54, 1.807) is 6.08 Å². The molecule has 6 heteroatoms. The summed E-state index contributed by atoms with van der Waals surface area (Å²) in [4.78, 5) is 24.7. The molecule has 0 aliphatic heterocycles. The lowest BCUT2D eigenvalue weighted by molar-refractivity contribution is -0.143. The maximum absolute atomic E-state index is 12.5. The van der Waals surface area contributed by atoms with Gasteiger partial charge in [0.1, 0.15) is 0 Å². The second-order valence-corrected chi connectivity index (χ2v) is 28.8. The van der Waals surface area contributed by atoms with Crippen LogP contribution in [0.15, 0.2) is 12.2 Å². The van der Waals surface area contributed by atoms with Gasteiger partial charge < -0.3 is 20.3 Å². The van der Waals surface area contributed by atoms with Gasteiger partial charge in [-0.25, -0.2) is 0 Å². The van der Waals surface area contributed by atoms with E-state index >= 15 is 0 Å². The average molecular weight is 1260 g/mol. The highest BCUT2D eigenvalue weighted by Gasteiger charge is 2.18. The molecule has 0 aliphatic rings. The molecule has 0 aromatic carbocycles. The van der Waals surface area contributed by atoms with Crippen LogP contribution in [-0.2, 0) is 14.3 Å². The van der Waals surface area contributed by atoms with Crippen LogP contribution in [0.25, 0.3) is 0 Å². The minimum atomic E-state index is -0.840. The molecule has 89 heavy (non-hydrogen) atoms. The molecule has 3 N–H and O–H groups in total. The number of rotatable bonds is 79. The van der Waals surface area contributed by atoms with Crippen molar-refractivity contribution in [3.8, 4) is 0 Å². The summed E-state index contributed by atoms with van der Waals surface area (Å²) >= 11 is 0. The van der Waals surface area contributed by atoms with E-state index in [0.29, 0.717) is 19.4 Å². The second kappa shape index (κ2) is 79.0. The van der Waals surface area contributed by atoms with Crippen LogP contribution >= 0.6 is 0 Å². The Kier molecular flexibility index (Phi) is 77.8. The van der Waals surface area contributed by atoms with Crippen LogP contribution in [0, 0.1) is 0 Å². The van der Waals surface area contributed by atoms with E-state index in [0.717, 1.165) is 38.5 Å². The van der Waals surface area contributed by atoms with Crippen molar-refractivity contribution in [2.24, 2.45) is 0 Å². The first-order valence-electron chi connectivity index (χ1n) is 41.5. The highest BCUT2D eigenvalue weighted by molar-refractivity contribution is 5.76. The number of unbranched alkanes of at least 4 members (excludes halogenated alkanes) is 68. The molecule has 2 unspecified atom stereocenters. The number of hydrogen-bond donors (Lipinski definition) is 3. The molecule has 0 heterocycles.